The maximum Gasteiger partial charge on any atom is 0.162 e. The number of nitrogen functional groups attached to an aromatic ring is 1. The first-order valence-corrected chi connectivity index (χ1v) is 6.13. The van der Waals surface area contributed by atoms with Crippen molar-refractivity contribution in [3.8, 4) is 5.82 Å². The summed E-state index contributed by atoms with van der Waals surface area (Å²) in [5.74, 6) is 1.40. The van der Waals surface area contributed by atoms with Crippen LogP contribution < -0.4 is 5.73 Å². The number of hydrogen-bond acceptors (Lipinski definition) is 4. The second-order valence-corrected chi connectivity index (χ2v) is 4.93. The third-order valence-corrected chi connectivity index (χ3v) is 3.42. The fourth-order valence-corrected chi connectivity index (χ4v) is 2.07. The molecule has 0 saturated carbocycles. The predicted molar refractivity (Wildman–Crippen MR) is 72.1 cm³/mol. The zero-order valence-electron chi connectivity index (χ0n) is 10.9. The Morgan fingerprint density at radius 1 is 1.28 bits per heavy atom. The van der Waals surface area contributed by atoms with Crippen LogP contribution in [0, 0.1) is 13.8 Å². The van der Waals surface area contributed by atoms with Crippen molar-refractivity contribution in [3.63, 3.8) is 0 Å². The monoisotopic (exact) mass is 265 g/mol. The van der Waals surface area contributed by atoms with Gasteiger partial charge in [0.2, 0.25) is 0 Å². The van der Waals surface area contributed by atoms with Crippen molar-refractivity contribution in [2.75, 3.05) is 5.73 Å². The molecule has 0 bridgehead atoms. The summed E-state index contributed by atoms with van der Waals surface area (Å²) in [4.78, 5) is 8.34. The lowest BCUT2D eigenvalue weighted by Crippen LogP contribution is -2.11. The molecule has 2 aromatic rings. The third-order valence-electron chi connectivity index (χ3n) is 2.87. The highest BCUT2D eigenvalue weighted by atomic mass is 35.5. The molecule has 5 nitrogen and oxygen atoms in total. The summed E-state index contributed by atoms with van der Waals surface area (Å²) in [7, 11) is 0. The van der Waals surface area contributed by atoms with Crippen LogP contribution in [-0.2, 0) is 0 Å². The standard InChI is InChI=1S/C12H16ClN5/c1-6(2)9-11(14)15-5-16-12(9)18-8(4)10(13)7(3)17-18/h5-6H,1-4H3,(H2,14,15,16). The lowest BCUT2D eigenvalue weighted by atomic mass is 10.0. The van der Waals surface area contributed by atoms with Gasteiger partial charge in [0.05, 0.1) is 16.4 Å². The Labute approximate surface area is 111 Å². The van der Waals surface area contributed by atoms with Crippen molar-refractivity contribution in [3.05, 3.63) is 28.3 Å². The molecule has 0 aliphatic rings. The van der Waals surface area contributed by atoms with E-state index < -0.39 is 0 Å². The lowest BCUT2D eigenvalue weighted by Gasteiger charge is -2.14. The summed E-state index contributed by atoms with van der Waals surface area (Å²) >= 11 is 6.16. The van der Waals surface area contributed by atoms with Crippen LogP contribution in [0.5, 0.6) is 0 Å². The molecular formula is C12H16ClN5. The topological polar surface area (TPSA) is 69.6 Å². The average molecular weight is 266 g/mol. The van der Waals surface area contributed by atoms with Crippen molar-refractivity contribution in [1.82, 2.24) is 19.7 Å². The first-order valence-electron chi connectivity index (χ1n) is 5.76. The molecule has 2 N–H and O–H groups in total. The van der Waals surface area contributed by atoms with Crippen LogP contribution in [0.1, 0.15) is 36.7 Å². The van der Waals surface area contributed by atoms with Gasteiger partial charge in [0.25, 0.3) is 0 Å². The molecule has 0 amide bonds. The minimum atomic E-state index is 0.212. The summed E-state index contributed by atoms with van der Waals surface area (Å²) in [5, 5.41) is 5.06. The number of anilines is 1. The highest BCUT2D eigenvalue weighted by Crippen LogP contribution is 2.28. The molecule has 96 valence electrons. The molecule has 0 aliphatic carbocycles. The van der Waals surface area contributed by atoms with Crippen LogP contribution in [0.3, 0.4) is 0 Å². The maximum absolute atomic E-state index is 6.16. The van der Waals surface area contributed by atoms with Gasteiger partial charge >= 0.3 is 0 Å². The van der Waals surface area contributed by atoms with Gasteiger partial charge in [0, 0.05) is 5.56 Å². The van der Waals surface area contributed by atoms with Gasteiger partial charge < -0.3 is 5.73 Å². The Balaban J connectivity index is 2.71. The number of aryl methyl sites for hydroxylation is 1. The Hall–Kier alpha value is -1.62. The van der Waals surface area contributed by atoms with E-state index in [2.05, 4.69) is 15.1 Å². The molecular weight excluding hydrogens is 250 g/mol. The molecule has 0 unspecified atom stereocenters. The molecule has 0 atom stereocenters. The Morgan fingerprint density at radius 2 is 1.94 bits per heavy atom. The summed E-state index contributed by atoms with van der Waals surface area (Å²) in [5.41, 5.74) is 8.45. The zero-order chi connectivity index (χ0) is 13.4. The SMILES string of the molecule is Cc1nn(-c2ncnc(N)c2C(C)C)c(C)c1Cl. The van der Waals surface area contributed by atoms with E-state index in [9.17, 15) is 0 Å². The van der Waals surface area contributed by atoms with E-state index in [-0.39, 0.29) is 5.92 Å². The van der Waals surface area contributed by atoms with Crippen LogP contribution in [0.2, 0.25) is 5.02 Å². The first-order chi connectivity index (χ1) is 8.43. The number of nitrogens with zero attached hydrogens (tertiary/aromatic N) is 4. The molecule has 0 fully saturated rings. The normalized spacial score (nSPS) is 11.2. The highest BCUT2D eigenvalue weighted by molar-refractivity contribution is 6.31. The molecule has 2 aromatic heterocycles. The van der Waals surface area contributed by atoms with Gasteiger partial charge in [-0.25, -0.2) is 14.6 Å². The lowest BCUT2D eigenvalue weighted by molar-refractivity contribution is 0.755. The molecule has 6 heteroatoms. The zero-order valence-corrected chi connectivity index (χ0v) is 11.7. The summed E-state index contributed by atoms with van der Waals surface area (Å²) in [6.07, 6.45) is 1.45. The van der Waals surface area contributed by atoms with Crippen molar-refractivity contribution >= 4 is 17.4 Å². The van der Waals surface area contributed by atoms with E-state index in [4.69, 9.17) is 17.3 Å². The van der Waals surface area contributed by atoms with Gasteiger partial charge in [-0.2, -0.15) is 5.10 Å². The minimum absolute atomic E-state index is 0.212. The van der Waals surface area contributed by atoms with E-state index in [1.54, 1.807) is 4.68 Å². The second kappa shape index (κ2) is 4.57. The third kappa shape index (κ3) is 1.95. The van der Waals surface area contributed by atoms with E-state index in [1.165, 1.54) is 6.33 Å². The molecule has 0 radical (unpaired) electrons. The Morgan fingerprint density at radius 3 is 2.44 bits per heavy atom. The second-order valence-electron chi connectivity index (χ2n) is 4.55. The molecule has 0 aromatic carbocycles. The van der Waals surface area contributed by atoms with E-state index in [0.29, 0.717) is 16.7 Å². The molecule has 0 saturated heterocycles. The molecule has 0 aliphatic heterocycles. The summed E-state index contributed by atoms with van der Waals surface area (Å²) < 4.78 is 1.73. The molecule has 18 heavy (non-hydrogen) atoms. The van der Waals surface area contributed by atoms with Crippen molar-refractivity contribution < 1.29 is 0 Å². The molecule has 2 heterocycles. The van der Waals surface area contributed by atoms with E-state index in [1.807, 2.05) is 27.7 Å². The summed E-state index contributed by atoms with van der Waals surface area (Å²) in [6, 6.07) is 0. The fourth-order valence-electron chi connectivity index (χ4n) is 1.95. The number of halogens is 1. The van der Waals surface area contributed by atoms with Gasteiger partial charge in [0.15, 0.2) is 5.82 Å². The Kier molecular flexibility index (Phi) is 3.26. The number of aromatic nitrogens is 4. The maximum atomic E-state index is 6.16. The van der Waals surface area contributed by atoms with Gasteiger partial charge in [-0.1, -0.05) is 25.4 Å². The smallest absolute Gasteiger partial charge is 0.162 e. The summed E-state index contributed by atoms with van der Waals surface area (Å²) in [6.45, 7) is 7.87. The minimum Gasteiger partial charge on any atom is -0.383 e. The van der Waals surface area contributed by atoms with Crippen LogP contribution >= 0.6 is 11.6 Å². The fraction of sp³-hybridized carbons (Fsp3) is 0.417. The Bertz CT molecular complexity index is 588. The first kappa shape index (κ1) is 12.8. The van der Waals surface area contributed by atoms with Gasteiger partial charge in [-0.15, -0.1) is 0 Å². The largest absolute Gasteiger partial charge is 0.383 e. The average Bonchev–Trinajstić information content (AvgIpc) is 2.56. The van der Waals surface area contributed by atoms with Gasteiger partial charge in [-0.05, 0) is 19.8 Å². The van der Waals surface area contributed by atoms with Crippen molar-refractivity contribution in [2.24, 2.45) is 0 Å². The van der Waals surface area contributed by atoms with Crippen molar-refractivity contribution in [2.45, 2.75) is 33.6 Å². The van der Waals surface area contributed by atoms with Gasteiger partial charge in [-0.3, -0.25) is 0 Å². The van der Waals surface area contributed by atoms with Crippen molar-refractivity contribution in [1.29, 1.82) is 0 Å². The van der Waals surface area contributed by atoms with Crippen LogP contribution in [0.15, 0.2) is 6.33 Å². The van der Waals surface area contributed by atoms with Gasteiger partial charge in [0.1, 0.15) is 12.1 Å². The highest BCUT2D eigenvalue weighted by Gasteiger charge is 2.18. The number of hydrogen-bond donors (Lipinski definition) is 1. The van der Waals surface area contributed by atoms with E-state index >= 15 is 0 Å². The van der Waals surface area contributed by atoms with Crippen LogP contribution in [0.4, 0.5) is 5.82 Å². The quantitative estimate of drug-likeness (QED) is 0.906. The number of rotatable bonds is 2. The number of nitrogens with two attached hydrogens (primary N) is 1. The van der Waals surface area contributed by atoms with E-state index in [0.717, 1.165) is 17.0 Å². The predicted octanol–water partition coefficient (Wildman–Crippen LogP) is 2.64. The van der Waals surface area contributed by atoms with Crippen LogP contribution in [0.25, 0.3) is 5.82 Å². The van der Waals surface area contributed by atoms with Crippen LogP contribution in [-0.4, -0.2) is 19.7 Å². The molecule has 2 rings (SSSR count). The molecule has 0 spiro atoms.